The Labute approximate surface area is 158 Å². The average Bonchev–Trinajstić information content (AvgIpc) is 3.12. The highest BCUT2D eigenvalue weighted by Gasteiger charge is 2.47. The lowest BCUT2D eigenvalue weighted by Gasteiger charge is -2.38. The second kappa shape index (κ2) is 7.47. The summed E-state index contributed by atoms with van der Waals surface area (Å²) in [7, 11) is 0. The smallest absolute Gasteiger partial charge is 0.256 e. The van der Waals surface area contributed by atoms with Crippen molar-refractivity contribution in [2.75, 3.05) is 19.6 Å². The Morgan fingerprint density at radius 1 is 1.19 bits per heavy atom. The number of fused-ring (bicyclic) bond motifs is 2. The van der Waals surface area contributed by atoms with Crippen LogP contribution in [0.4, 0.5) is 8.78 Å². The van der Waals surface area contributed by atoms with E-state index in [4.69, 9.17) is 0 Å². The molecular formula is C21H28F2N2O2. The molecule has 2 N–H and O–H groups in total. The van der Waals surface area contributed by atoms with E-state index in [1.807, 2.05) is 6.07 Å². The van der Waals surface area contributed by atoms with E-state index in [9.17, 15) is 18.7 Å². The minimum absolute atomic E-state index is 0.179. The van der Waals surface area contributed by atoms with E-state index in [1.165, 1.54) is 0 Å². The molecule has 27 heavy (non-hydrogen) atoms. The quantitative estimate of drug-likeness (QED) is 0.828. The fourth-order valence-electron chi connectivity index (χ4n) is 5.27. The van der Waals surface area contributed by atoms with Crippen molar-refractivity contribution < 1.29 is 18.7 Å². The zero-order valence-corrected chi connectivity index (χ0v) is 15.5. The molecule has 2 bridgehead atoms. The first kappa shape index (κ1) is 18.8. The van der Waals surface area contributed by atoms with Crippen molar-refractivity contribution in [3.05, 3.63) is 35.9 Å². The monoisotopic (exact) mass is 378 g/mol. The van der Waals surface area contributed by atoms with Gasteiger partial charge in [-0.2, -0.15) is 0 Å². The third kappa shape index (κ3) is 3.87. The highest BCUT2D eigenvalue weighted by Crippen LogP contribution is 2.43. The molecule has 4 rings (SSSR count). The molecule has 148 valence electrons. The number of halogens is 2. The number of hydrogen-bond acceptors (Lipinski definition) is 3. The first-order valence-corrected chi connectivity index (χ1v) is 10.1. The number of amides is 1. The van der Waals surface area contributed by atoms with Gasteiger partial charge < -0.3 is 15.3 Å². The summed E-state index contributed by atoms with van der Waals surface area (Å²) in [5.41, 5.74) is 0.519. The molecule has 1 aromatic rings. The van der Waals surface area contributed by atoms with Gasteiger partial charge in [0.05, 0.1) is 0 Å². The minimum Gasteiger partial charge on any atom is -0.378 e. The van der Waals surface area contributed by atoms with Crippen molar-refractivity contribution in [2.45, 2.75) is 50.2 Å². The first-order valence-electron chi connectivity index (χ1n) is 10.1. The van der Waals surface area contributed by atoms with Crippen LogP contribution in [0.25, 0.3) is 0 Å². The molecule has 6 heteroatoms. The Morgan fingerprint density at radius 2 is 1.85 bits per heavy atom. The Kier molecular flexibility index (Phi) is 5.21. The molecule has 2 saturated carbocycles. The summed E-state index contributed by atoms with van der Waals surface area (Å²) in [5, 5.41) is 14.1. The molecule has 1 saturated heterocycles. The van der Waals surface area contributed by atoms with Crippen LogP contribution in [0.15, 0.2) is 30.3 Å². The van der Waals surface area contributed by atoms with E-state index in [1.54, 1.807) is 29.2 Å². The van der Waals surface area contributed by atoms with Crippen LogP contribution in [0.3, 0.4) is 0 Å². The van der Waals surface area contributed by atoms with E-state index in [2.05, 4.69) is 5.32 Å². The number of alkyl halides is 2. The molecule has 4 atom stereocenters. The van der Waals surface area contributed by atoms with Crippen LogP contribution in [0, 0.1) is 17.8 Å². The van der Waals surface area contributed by atoms with Crippen LogP contribution in [0.2, 0.25) is 0 Å². The fourth-order valence-corrected chi connectivity index (χ4v) is 5.27. The predicted molar refractivity (Wildman–Crippen MR) is 98.3 cm³/mol. The predicted octanol–water partition coefficient (Wildman–Crippen LogP) is 2.98. The van der Waals surface area contributed by atoms with E-state index in [0.717, 1.165) is 25.9 Å². The highest BCUT2D eigenvalue weighted by molar-refractivity contribution is 5.82. The number of benzene rings is 1. The van der Waals surface area contributed by atoms with Gasteiger partial charge in [-0.1, -0.05) is 30.3 Å². The van der Waals surface area contributed by atoms with Crippen LogP contribution in [-0.4, -0.2) is 47.5 Å². The van der Waals surface area contributed by atoms with Gasteiger partial charge in [-0.3, -0.25) is 4.79 Å². The van der Waals surface area contributed by atoms with E-state index < -0.39 is 24.0 Å². The number of nitrogens with zero attached hydrogens (tertiary/aromatic N) is 1. The molecule has 1 aromatic carbocycles. The summed E-state index contributed by atoms with van der Waals surface area (Å²) < 4.78 is 27.8. The molecule has 1 amide bonds. The molecule has 2 unspecified atom stereocenters. The van der Waals surface area contributed by atoms with Crippen LogP contribution in [0.1, 0.15) is 43.8 Å². The SMILES string of the molecule is O=C([C@H](O)c1ccccc1)N(CC1C2CCC1CNC2)[C@H]1CCC(F)(F)C1. The molecule has 0 spiro atoms. The van der Waals surface area contributed by atoms with E-state index >= 15 is 0 Å². The lowest BCUT2D eigenvalue weighted by Crippen LogP contribution is -2.49. The second-order valence-corrected chi connectivity index (χ2v) is 8.48. The number of carbonyl (C=O) groups is 1. The number of aliphatic hydroxyl groups is 1. The van der Waals surface area contributed by atoms with Crippen LogP contribution >= 0.6 is 0 Å². The molecule has 3 fully saturated rings. The normalized spacial score (nSPS) is 33.0. The van der Waals surface area contributed by atoms with E-state index in [-0.39, 0.29) is 12.8 Å². The third-order valence-electron chi connectivity index (χ3n) is 6.79. The number of aliphatic hydroxyl groups excluding tert-OH is 1. The number of piperidine rings is 1. The summed E-state index contributed by atoms with van der Waals surface area (Å²) in [4.78, 5) is 14.8. The summed E-state index contributed by atoms with van der Waals surface area (Å²) in [5.74, 6) is -1.81. The van der Waals surface area contributed by atoms with Crippen LogP contribution in [-0.2, 0) is 4.79 Å². The lowest BCUT2D eigenvalue weighted by molar-refractivity contribution is -0.144. The van der Waals surface area contributed by atoms with Crippen molar-refractivity contribution >= 4 is 5.91 Å². The number of carbonyl (C=O) groups excluding carboxylic acids is 1. The molecule has 4 nitrogen and oxygen atoms in total. The second-order valence-electron chi connectivity index (χ2n) is 8.48. The van der Waals surface area contributed by atoms with Gasteiger partial charge >= 0.3 is 0 Å². The minimum atomic E-state index is -2.71. The summed E-state index contributed by atoms with van der Waals surface area (Å²) in [6.45, 7) is 2.36. The molecular weight excluding hydrogens is 350 g/mol. The summed E-state index contributed by atoms with van der Waals surface area (Å²) >= 11 is 0. The molecule has 0 radical (unpaired) electrons. The van der Waals surface area contributed by atoms with E-state index in [0.29, 0.717) is 36.3 Å². The van der Waals surface area contributed by atoms with Crippen LogP contribution in [0.5, 0.6) is 0 Å². The van der Waals surface area contributed by atoms with Gasteiger partial charge in [0.25, 0.3) is 5.91 Å². The molecule has 0 aromatic heterocycles. The van der Waals surface area contributed by atoms with Crippen molar-refractivity contribution in [3.8, 4) is 0 Å². The molecule has 2 aliphatic carbocycles. The molecule has 1 heterocycles. The van der Waals surface area contributed by atoms with Gasteiger partial charge in [0, 0.05) is 25.4 Å². The van der Waals surface area contributed by atoms with Gasteiger partial charge in [0.15, 0.2) is 6.10 Å². The Balaban J connectivity index is 1.55. The Bertz CT molecular complexity index is 653. The summed E-state index contributed by atoms with van der Waals surface area (Å²) in [6.07, 6.45) is 0.807. The maximum absolute atomic E-state index is 13.9. The zero-order valence-electron chi connectivity index (χ0n) is 15.5. The standard InChI is InChI=1S/C21H28F2N2O2/c22-21(23)9-8-17(10-21)25(13-18-15-6-7-16(18)12-24-11-15)20(27)19(26)14-4-2-1-3-5-14/h1-5,15-19,24,26H,6-13H2/t15?,16?,17-,18?,19+/m0/s1. The third-order valence-corrected chi connectivity index (χ3v) is 6.79. The van der Waals surface area contributed by atoms with Crippen LogP contribution < -0.4 is 5.32 Å². The highest BCUT2D eigenvalue weighted by atomic mass is 19.3. The van der Waals surface area contributed by atoms with Gasteiger partial charge in [-0.15, -0.1) is 0 Å². The number of rotatable bonds is 5. The Morgan fingerprint density at radius 3 is 2.44 bits per heavy atom. The van der Waals surface area contributed by atoms with Gasteiger partial charge in [0.1, 0.15) is 0 Å². The Hall–Kier alpha value is -1.53. The summed E-state index contributed by atoms with van der Waals surface area (Å²) in [6, 6.07) is 8.29. The molecule has 1 aliphatic heterocycles. The number of hydrogen-bond donors (Lipinski definition) is 2. The van der Waals surface area contributed by atoms with Gasteiger partial charge in [-0.05, 0) is 55.7 Å². The van der Waals surface area contributed by atoms with Crippen molar-refractivity contribution in [1.82, 2.24) is 10.2 Å². The maximum atomic E-state index is 13.9. The topological polar surface area (TPSA) is 52.6 Å². The lowest BCUT2D eigenvalue weighted by atomic mass is 9.85. The van der Waals surface area contributed by atoms with Crippen molar-refractivity contribution in [1.29, 1.82) is 0 Å². The number of nitrogens with one attached hydrogen (secondary N) is 1. The largest absolute Gasteiger partial charge is 0.378 e. The fraction of sp³-hybridized carbons (Fsp3) is 0.667. The zero-order chi connectivity index (χ0) is 19.0. The van der Waals surface area contributed by atoms with Crippen molar-refractivity contribution in [2.24, 2.45) is 17.8 Å². The van der Waals surface area contributed by atoms with Gasteiger partial charge in [0.2, 0.25) is 5.92 Å². The average molecular weight is 378 g/mol. The first-order chi connectivity index (χ1) is 12.9. The molecule has 3 aliphatic rings. The van der Waals surface area contributed by atoms with Crippen molar-refractivity contribution in [3.63, 3.8) is 0 Å². The maximum Gasteiger partial charge on any atom is 0.256 e. The van der Waals surface area contributed by atoms with Gasteiger partial charge in [-0.25, -0.2) is 8.78 Å².